The summed E-state index contributed by atoms with van der Waals surface area (Å²) in [5.74, 6) is -0.954. The van der Waals surface area contributed by atoms with Crippen molar-refractivity contribution in [1.29, 1.82) is 0 Å². The van der Waals surface area contributed by atoms with E-state index < -0.39 is 5.97 Å². The van der Waals surface area contributed by atoms with E-state index in [1.165, 1.54) is 41.3 Å². The van der Waals surface area contributed by atoms with E-state index in [0.717, 1.165) is 11.3 Å². The van der Waals surface area contributed by atoms with Gasteiger partial charge >= 0.3 is 5.97 Å². The van der Waals surface area contributed by atoms with Crippen LogP contribution in [0.5, 0.6) is 0 Å². The predicted octanol–water partition coefficient (Wildman–Crippen LogP) is 6.00. The quantitative estimate of drug-likeness (QED) is 0.728. The highest BCUT2D eigenvalue weighted by molar-refractivity contribution is 5.87. The summed E-state index contributed by atoms with van der Waals surface area (Å²) in [7, 11) is 0. The molecule has 0 atom stereocenters. The topological polar surface area (TPSA) is 50.2 Å². The van der Waals surface area contributed by atoms with Crippen LogP contribution in [0.1, 0.15) is 85.8 Å². The number of carbonyl (C=O) groups is 1. The Bertz CT molecular complexity index is 918. The van der Waals surface area contributed by atoms with Crippen molar-refractivity contribution < 1.29 is 9.90 Å². The Morgan fingerprint density at radius 1 is 1.07 bits per heavy atom. The molecule has 0 bridgehead atoms. The summed E-state index contributed by atoms with van der Waals surface area (Å²) in [5, 5.41) is 9.02. The van der Waals surface area contributed by atoms with Crippen LogP contribution in [0, 0.1) is 6.92 Å². The standard InChI is InChI=1S/C24H29NO2/c1-15(11-18-8-7-17(14-25-18)22(26)27)19-13-21-20(12-16(19)2)23(3,4)9-10-24(21,5)6/h7-8,11-14H,9-10H2,1-6H3,(H,26,27)/b15-11+. The van der Waals surface area contributed by atoms with Crippen LogP contribution in [0.2, 0.25) is 0 Å². The van der Waals surface area contributed by atoms with E-state index in [0.29, 0.717) is 0 Å². The maximum absolute atomic E-state index is 11.0. The molecule has 142 valence electrons. The number of rotatable bonds is 3. The highest BCUT2D eigenvalue weighted by Gasteiger charge is 2.37. The number of hydrogen-bond acceptors (Lipinski definition) is 2. The number of aromatic nitrogens is 1. The molecule has 1 aromatic carbocycles. The van der Waals surface area contributed by atoms with E-state index in [2.05, 4.69) is 58.7 Å². The second-order valence-electron chi connectivity index (χ2n) is 9.08. The van der Waals surface area contributed by atoms with Gasteiger partial charge in [-0.25, -0.2) is 4.79 Å². The van der Waals surface area contributed by atoms with Crippen molar-refractivity contribution in [2.75, 3.05) is 0 Å². The molecule has 0 spiro atoms. The highest BCUT2D eigenvalue weighted by Crippen LogP contribution is 2.47. The number of benzene rings is 1. The molecule has 1 N–H and O–H groups in total. The summed E-state index contributed by atoms with van der Waals surface area (Å²) in [4.78, 5) is 15.3. The zero-order valence-corrected chi connectivity index (χ0v) is 17.2. The number of carboxylic acids is 1. The summed E-state index contributed by atoms with van der Waals surface area (Å²) in [6, 6.07) is 8.08. The summed E-state index contributed by atoms with van der Waals surface area (Å²) < 4.78 is 0. The fourth-order valence-electron chi connectivity index (χ4n) is 4.06. The molecular weight excluding hydrogens is 334 g/mol. The van der Waals surface area contributed by atoms with Crippen LogP contribution < -0.4 is 0 Å². The number of pyridine rings is 1. The summed E-state index contributed by atoms with van der Waals surface area (Å²) in [6.07, 6.45) is 5.84. The molecule has 0 amide bonds. The van der Waals surface area contributed by atoms with Crippen molar-refractivity contribution in [3.05, 3.63) is 64.0 Å². The van der Waals surface area contributed by atoms with Crippen molar-refractivity contribution in [1.82, 2.24) is 4.98 Å². The molecule has 2 aromatic rings. The van der Waals surface area contributed by atoms with E-state index >= 15 is 0 Å². The van der Waals surface area contributed by atoms with Crippen LogP contribution in [-0.4, -0.2) is 16.1 Å². The van der Waals surface area contributed by atoms with Gasteiger partial charge in [0.2, 0.25) is 0 Å². The highest BCUT2D eigenvalue weighted by atomic mass is 16.4. The molecule has 0 saturated carbocycles. The fourth-order valence-corrected chi connectivity index (χ4v) is 4.06. The van der Waals surface area contributed by atoms with Crippen molar-refractivity contribution in [2.45, 2.75) is 65.2 Å². The lowest BCUT2D eigenvalue weighted by Crippen LogP contribution is -2.34. The van der Waals surface area contributed by atoms with Crippen molar-refractivity contribution in [3.8, 4) is 0 Å². The maximum atomic E-state index is 11.0. The van der Waals surface area contributed by atoms with Gasteiger partial charge in [0.15, 0.2) is 0 Å². The van der Waals surface area contributed by atoms with Gasteiger partial charge in [-0.2, -0.15) is 0 Å². The molecule has 27 heavy (non-hydrogen) atoms. The molecule has 1 aliphatic rings. The second kappa shape index (κ2) is 6.63. The van der Waals surface area contributed by atoms with E-state index in [4.69, 9.17) is 5.11 Å². The van der Waals surface area contributed by atoms with Gasteiger partial charge in [0, 0.05) is 6.20 Å². The van der Waals surface area contributed by atoms with Crippen molar-refractivity contribution in [3.63, 3.8) is 0 Å². The number of aromatic carboxylic acids is 1. The van der Waals surface area contributed by atoms with Gasteiger partial charge in [-0.3, -0.25) is 4.98 Å². The Labute approximate surface area is 162 Å². The Morgan fingerprint density at radius 3 is 2.19 bits per heavy atom. The Kier molecular flexibility index (Phi) is 4.75. The molecule has 3 heteroatoms. The Morgan fingerprint density at radius 2 is 1.67 bits per heavy atom. The first kappa shape index (κ1) is 19.3. The predicted molar refractivity (Wildman–Crippen MR) is 111 cm³/mol. The molecule has 3 nitrogen and oxygen atoms in total. The number of hydrogen-bond donors (Lipinski definition) is 1. The van der Waals surface area contributed by atoms with Crippen LogP contribution in [0.15, 0.2) is 30.5 Å². The SMILES string of the molecule is C/C(=C\c1ccc(C(=O)O)cn1)c1cc2c(cc1C)C(C)(C)CCC2(C)C. The monoisotopic (exact) mass is 363 g/mol. The van der Waals surface area contributed by atoms with Gasteiger partial charge in [0.05, 0.1) is 11.3 Å². The van der Waals surface area contributed by atoms with Gasteiger partial charge < -0.3 is 5.11 Å². The fraction of sp³-hybridized carbons (Fsp3) is 0.417. The number of fused-ring (bicyclic) bond motifs is 1. The van der Waals surface area contributed by atoms with E-state index in [9.17, 15) is 4.79 Å². The summed E-state index contributed by atoms with van der Waals surface area (Å²) in [6.45, 7) is 13.6. The van der Waals surface area contributed by atoms with Gasteiger partial charge in [0.25, 0.3) is 0 Å². The largest absolute Gasteiger partial charge is 0.478 e. The van der Waals surface area contributed by atoms with Gasteiger partial charge in [-0.05, 0) is 83.6 Å². The molecule has 3 rings (SSSR count). The van der Waals surface area contributed by atoms with Gasteiger partial charge in [0.1, 0.15) is 0 Å². The third-order valence-corrected chi connectivity index (χ3v) is 6.02. The minimum atomic E-state index is -0.954. The first-order valence-corrected chi connectivity index (χ1v) is 9.55. The zero-order chi connectivity index (χ0) is 20.0. The van der Waals surface area contributed by atoms with E-state index in [-0.39, 0.29) is 16.4 Å². The first-order valence-electron chi connectivity index (χ1n) is 9.55. The summed E-state index contributed by atoms with van der Waals surface area (Å²) in [5.41, 5.74) is 7.93. The smallest absolute Gasteiger partial charge is 0.337 e. The lowest BCUT2D eigenvalue weighted by atomic mass is 9.62. The van der Waals surface area contributed by atoms with Crippen LogP contribution in [0.25, 0.3) is 11.6 Å². The normalized spacial score (nSPS) is 18.1. The second-order valence-corrected chi connectivity index (χ2v) is 9.08. The molecular formula is C24H29NO2. The molecule has 1 heterocycles. The van der Waals surface area contributed by atoms with Crippen molar-refractivity contribution >= 4 is 17.6 Å². The Balaban J connectivity index is 2.05. The molecule has 0 aliphatic heterocycles. The number of nitrogens with zero attached hydrogens (tertiary/aromatic N) is 1. The number of carboxylic acid groups (broad SMARTS) is 1. The third kappa shape index (κ3) is 3.69. The molecule has 1 aromatic heterocycles. The summed E-state index contributed by atoms with van der Waals surface area (Å²) >= 11 is 0. The van der Waals surface area contributed by atoms with E-state index in [1.54, 1.807) is 12.1 Å². The van der Waals surface area contributed by atoms with Crippen LogP contribution in [0.4, 0.5) is 0 Å². The van der Waals surface area contributed by atoms with Gasteiger partial charge in [-0.1, -0.05) is 39.8 Å². The minimum Gasteiger partial charge on any atom is -0.478 e. The maximum Gasteiger partial charge on any atom is 0.337 e. The minimum absolute atomic E-state index is 0.176. The van der Waals surface area contributed by atoms with Crippen LogP contribution in [0.3, 0.4) is 0 Å². The van der Waals surface area contributed by atoms with Crippen LogP contribution >= 0.6 is 0 Å². The Hall–Kier alpha value is -2.42. The molecule has 0 radical (unpaired) electrons. The zero-order valence-electron chi connectivity index (χ0n) is 17.2. The molecule has 0 saturated heterocycles. The number of allylic oxidation sites excluding steroid dienone is 1. The average Bonchev–Trinajstić information content (AvgIpc) is 2.59. The lowest BCUT2D eigenvalue weighted by Gasteiger charge is -2.42. The average molecular weight is 364 g/mol. The number of aryl methyl sites for hydroxylation is 1. The van der Waals surface area contributed by atoms with Crippen molar-refractivity contribution in [2.24, 2.45) is 0 Å². The van der Waals surface area contributed by atoms with Crippen LogP contribution in [-0.2, 0) is 10.8 Å². The van der Waals surface area contributed by atoms with Gasteiger partial charge in [-0.15, -0.1) is 0 Å². The first-order chi connectivity index (χ1) is 12.5. The third-order valence-electron chi connectivity index (χ3n) is 6.02. The molecule has 0 unspecified atom stereocenters. The molecule has 1 aliphatic carbocycles. The molecule has 0 fully saturated rings. The lowest BCUT2D eigenvalue weighted by molar-refractivity contribution is 0.0696. The van der Waals surface area contributed by atoms with E-state index in [1.807, 2.05) is 6.08 Å².